The first-order valence-electron chi connectivity index (χ1n) is 23.6. The molecule has 0 radical (unpaired) electrons. The number of carbonyl (C=O) groups excluding carboxylic acids is 4. The maximum atomic E-state index is 12.5. The Morgan fingerprint density at radius 1 is 0.613 bits per heavy atom. The fourth-order valence-electron chi connectivity index (χ4n) is 7.47. The van der Waals surface area contributed by atoms with Gasteiger partial charge in [-0.3, -0.25) is 38.7 Å². The molecule has 4 aromatic heterocycles. The molecule has 6 heterocycles. The fourth-order valence-corrected chi connectivity index (χ4v) is 9.15. The number of halogens is 7. The van der Waals surface area contributed by atoms with Crippen molar-refractivity contribution in [3.63, 3.8) is 0 Å². The Morgan fingerprint density at radius 3 is 1.38 bits per heavy atom. The van der Waals surface area contributed by atoms with Gasteiger partial charge in [0.05, 0.1) is 48.4 Å². The summed E-state index contributed by atoms with van der Waals surface area (Å²) >= 11 is 29.5. The molecular weight excluding hydrogens is 1370 g/mol. The summed E-state index contributed by atoms with van der Waals surface area (Å²) in [6.07, 6.45) is 5.01. The number of alkyl halides is 2. The Kier molecular flexibility index (Phi) is 27.2. The van der Waals surface area contributed by atoms with Crippen molar-refractivity contribution in [2.24, 2.45) is 9.98 Å². The summed E-state index contributed by atoms with van der Waals surface area (Å²) in [5, 5.41) is 16.2. The molecular formula is C52H53Br4Cl3N8O13. The van der Waals surface area contributed by atoms with Crippen LogP contribution in [0, 0.1) is 13.8 Å². The number of nitrogens with zero attached hydrogens (tertiary/aromatic N) is 8. The van der Waals surface area contributed by atoms with E-state index >= 15 is 0 Å². The Hall–Kier alpha value is -5.80. The van der Waals surface area contributed by atoms with Crippen molar-refractivity contribution in [1.82, 2.24) is 29.1 Å². The van der Waals surface area contributed by atoms with E-state index in [1.165, 1.54) is 35.0 Å². The number of methoxy groups -OCH3 is 2. The third kappa shape index (κ3) is 19.2. The highest BCUT2D eigenvalue weighted by molar-refractivity contribution is 9.13. The third-order valence-electron chi connectivity index (χ3n) is 10.6. The van der Waals surface area contributed by atoms with Crippen LogP contribution in [-0.2, 0) is 38.0 Å². The van der Waals surface area contributed by atoms with Gasteiger partial charge in [0.2, 0.25) is 6.29 Å². The van der Waals surface area contributed by atoms with Crippen molar-refractivity contribution in [3.8, 4) is 11.4 Å². The molecule has 428 valence electrons. The first-order valence-corrected chi connectivity index (χ1v) is 28.0. The van der Waals surface area contributed by atoms with Crippen LogP contribution in [0.5, 0.6) is 0 Å². The Morgan fingerprint density at radius 2 is 1.02 bits per heavy atom. The van der Waals surface area contributed by atoms with Crippen molar-refractivity contribution in [1.29, 1.82) is 0 Å². The predicted molar refractivity (Wildman–Crippen MR) is 312 cm³/mol. The van der Waals surface area contributed by atoms with Crippen molar-refractivity contribution < 1.29 is 62.6 Å². The van der Waals surface area contributed by atoms with Crippen LogP contribution in [0.1, 0.15) is 104 Å². The quantitative estimate of drug-likeness (QED) is 0.0379. The molecule has 0 spiro atoms. The standard InChI is InChI=1S/C24H22Br2N4O5.C20H16Br2N4O2.C4H7ClO3.C3H4Cl2O2.CH4O/c1-13-12-28-23-19(7-8-21(31)34-14(2)35-24(32)33-3)29-22(18-6-4-5-9-27-18)15-10-16(25)17(26)11-20(15)30(13)23;1-11-10-24-20-16(5-6-18(27)28)25-19(15-4-2-3-7-23-15)12-8-13(21)14(22)9-17(12)26(11)20;1-3(5)8-4(6)7-2;1-2(4)7-3(5)6;1-2/h4-6,9-12,14,19H,7-8H2,1-3H3;2-4,7-10,16H,5-6H2,1H3,(H,27,28);3H,1-2H3;2H,1H3;2H,1H3/t14?,19-;16-;;;/m00.../s1. The highest BCUT2D eigenvalue weighted by Gasteiger charge is 2.31. The highest BCUT2D eigenvalue weighted by atomic mass is 79.9. The Labute approximate surface area is 508 Å². The lowest BCUT2D eigenvalue weighted by atomic mass is 10.0. The number of benzene rings is 2. The normalized spacial score (nSPS) is 14.5. The number of pyridine rings is 2. The summed E-state index contributed by atoms with van der Waals surface area (Å²) in [6, 6.07) is 18.5. The SMILES string of the molecule is CC(Cl)OC(=O)Cl.CO.COC(=O)OC(C)Cl.COC(=O)OC(C)OC(=O)CC[C@@H]1N=C(c2ccccn2)c2cc(Br)c(Br)cc2-n2c(C)cnc21.Cc1cnc2n1-c1cc(Br)c(Br)cc1C(c1ccccn1)=N[C@H]2CCC(=O)O. The number of aliphatic hydroxyl groups is 1. The van der Waals surface area contributed by atoms with Crippen LogP contribution >= 0.6 is 98.5 Å². The zero-order chi connectivity index (χ0) is 59.4. The maximum Gasteiger partial charge on any atom is 0.511 e. The lowest BCUT2D eigenvalue weighted by Crippen LogP contribution is -2.22. The van der Waals surface area contributed by atoms with E-state index in [1.807, 2.05) is 79.1 Å². The van der Waals surface area contributed by atoms with Crippen LogP contribution in [-0.4, -0.2) is 119 Å². The molecule has 28 heteroatoms. The van der Waals surface area contributed by atoms with E-state index in [0.29, 0.717) is 30.1 Å². The number of esters is 1. The van der Waals surface area contributed by atoms with Crippen molar-refractivity contribution in [2.75, 3.05) is 21.3 Å². The van der Waals surface area contributed by atoms with Crippen LogP contribution in [0.2, 0.25) is 0 Å². The maximum absolute atomic E-state index is 12.5. The number of ether oxygens (including phenoxy) is 6. The molecule has 2 aromatic carbocycles. The van der Waals surface area contributed by atoms with E-state index in [4.69, 9.17) is 59.4 Å². The number of hydrogen-bond acceptors (Lipinski definition) is 18. The predicted octanol–water partition coefficient (Wildman–Crippen LogP) is 13.2. The van der Waals surface area contributed by atoms with E-state index in [9.17, 15) is 29.1 Å². The van der Waals surface area contributed by atoms with Crippen LogP contribution in [0.4, 0.5) is 14.4 Å². The van der Waals surface area contributed by atoms with Crippen molar-refractivity contribution >= 4 is 140 Å². The minimum absolute atomic E-state index is 0.0132. The molecule has 0 fully saturated rings. The van der Waals surface area contributed by atoms with Gasteiger partial charge in [-0.15, -0.1) is 0 Å². The minimum atomic E-state index is -1.07. The second kappa shape index (κ2) is 32.6. The van der Waals surface area contributed by atoms with E-state index in [0.717, 1.165) is 76.1 Å². The number of aromatic nitrogens is 6. The van der Waals surface area contributed by atoms with Crippen molar-refractivity contribution in [3.05, 3.63) is 149 Å². The number of rotatable bonds is 12. The monoisotopic (exact) mass is 1420 g/mol. The molecule has 2 N–H and O–H groups in total. The number of hydrogen-bond donors (Lipinski definition) is 2. The molecule has 0 saturated heterocycles. The van der Waals surface area contributed by atoms with Gasteiger partial charge in [-0.2, -0.15) is 0 Å². The van der Waals surface area contributed by atoms with E-state index in [1.54, 1.807) is 24.8 Å². The van der Waals surface area contributed by atoms with Gasteiger partial charge in [0.15, 0.2) is 11.1 Å². The molecule has 0 bridgehead atoms. The fraction of sp³-hybridized carbons (Fsp3) is 0.327. The zero-order valence-corrected chi connectivity index (χ0v) is 52.5. The van der Waals surface area contributed by atoms with Crippen LogP contribution in [0.25, 0.3) is 11.4 Å². The number of aliphatic imine (C=N–C) groups is 2. The molecule has 2 aliphatic heterocycles. The third-order valence-corrected chi connectivity index (χ3v) is 14.6. The number of aliphatic hydroxyl groups excluding tert-OH is 1. The average molecular weight is 1420 g/mol. The van der Waals surface area contributed by atoms with Crippen molar-refractivity contribution in [2.45, 2.75) is 89.8 Å². The van der Waals surface area contributed by atoms with Crippen LogP contribution in [0.3, 0.4) is 0 Å². The number of aliphatic carboxylic acids is 1. The number of carbonyl (C=O) groups is 5. The van der Waals surface area contributed by atoms with E-state index in [2.05, 4.69) is 107 Å². The summed E-state index contributed by atoms with van der Waals surface area (Å²) in [5.41, 5.74) is 6.25. The van der Waals surface area contributed by atoms with Crippen LogP contribution in [0.15, 0.2) is 113 Å². The van der Waals surface area contributed by atoms with Gasteiger partial charge in [0.1, 0.15) is 23.7 Å². The smallest absolute Gasteiger partial charge is 0.481 e. The highest BCUT2D eigenvalue weighted by Crippen LogP contribution is 2.39. The second-order valence-corrected chi connectivity index (χ2v) is 21.2. The van der Waals surface area contributed by atoms with Crippen LogP contribution < -0.4 is 0 Å². The molecule has 0 aliphatic carbocycles. The molecule has 0 amide bonds. The number of aryl methyl sites for hydroxylation is 2. The van der Waals surface area contributed by atoms with E-state index < -0.39 is 53.1 Å². The molecule has 8 rings (SSSR count). The molecule has 0 saturated carbocycles. The Balaban J connectivity index is 0.000000271. The molecule has 21 nitrogen and oxygen atoms in total. The topological polar surface area (TPSA) is 267 Å². The zero-order valence-electron chi connectivity index (χ0n) is 43.9. The van der Waals surface area contributed by atoms with Gasteiger partial charge in [0, 0.05) is 104 Å². The molecule has 3 unspecified atom stereocenters. The number of carboxylic acids is 1. The number of carboxylic acid groups (broad SMARTS) is 1. The van der Waals surface area contributed by atoms with E-state index in [-0.39, 0.29) is 18.9 Å². The second-order valence-electron chi connectivity index (χ2n) is 16.3. The number of fused-ring (bicyclic) bond motifs is 6. The lowest BCUT2D eigenvalue weighted by molar-refractivity contribution is -0.167. The van der Waals surface area contributed by atoms with Gasteiger partial charge in [-0.25, -0.2) is 24.4 Å². The van der Waals surface area contributed by atoms with Gasteiger partial charge in [0.25, 0.3) is 0 Å². The molecule has 5 atom stereocenters. The van der Waals surface area contributed by atoms with Gasteiger partial charge >= 0.3 is 29.7 Å². The summed E-state index contributed by atoms with van der Waals surface area (Å²) in [6.45, 7) is 8.43. The Bertz CT molecular complexity index is 3170. The van der Waals surface area contributed by atoms with Gasteiger partial charge < -0.3 is 38.6 Å². The largest absolute Gasteiger partial charge is 0.511 e. The number of imidazole rings is 2. The summed E-state index contributed by atoms with van der Waals surface area (Å²) in [5.74, 6) is 0.0606. The lowest BCUT2D eigenvalue weighted by Gasteiger charge is -2.16. The first-order chi connectivity index (χ1) is 38.0. The summed E-state index contributed by atoms with van der Waals surface area (Å²) in [7, 11) is 3.40. The molecule has 2 aliphatic rings. The molecule has 6 aromatic rings. The summed E-state index contributed by atoms with van der Waals surface area (Å²) in [4.78, 5) is 82.9. The van der Waals surface area contributed by atoms with Gasteiger partial charge in [-0.05, 0) is 153 Å². The van der Waals surface area contributed by atoms with Gasteiger partial charge in [-0.1, -0.05) is 35.3 Å². The minimum Gasteiger partial charge on any atom is -0.481 e. The average Bonchev–Trinajstić information content (AvgIpc) is 4.07. The summed E-state index contributed by atoms with van der Waals surface area (Å²) < 4.78 is 34.7. The molecule has 80 heavy (non-hydrogen) atoms. The first kappa shape index (κ1) is 66.7.